The summed E-state index contributed by atoms with van der Waals surface area (Å²) in [6.45, 7) is 3.63. The van der Waals surface area contributed by atoms with E-state index in [0.29, 0.717) is 24.3 Å². The molecule has 2 rings (SSSR count). The zero-order valence-corrected chi connectivity index (χ0v) is 16.7. The number of aryl methyl sites for hydroxylation is 1. The molecule has 1 aliphatic heterocycles. The third kappa shape index (κ3) is 6.28. The molecule has 1 fully saturated rings. The number of hydrogen-bond acceptors (Lipinski definition) is 5. The van der Waals surface area contributed by atoms with Crippen LogP contribution in [0.1, 0.15) is 38.7 Å². The highest BCUT2D eigenvalue weighted by Gasteiger charge is 2.37. The van der Waals surface area contributed by atoms with Crippen LogP contribution in [-0.4, -0.2) is 40.5 Å². The van der Waals surface area contributed by atoms with E-state index >= 15 is 0 Å². The monoisotopic (exact) mass is 404 g/mol. The van der Waals surface area contributed by atoms with Crippen molar-refractivity contribution in [2.24, 2.45) is 17.8 Å². The molecule has 158 valence electrons. The van der Waals surface area contributed by atoms with Crippen LogP contribution < -0.4 is 16.2 Å². The Balaban J connectivity index is 2.12. The van der Waals surface area contributed by atoms with Crippen LogP contribution in [0.5, 0.6) is 0 Å². The molecule has 2 unspecified atom stereocenters. The molecule has 1 heterocycles. The molecule has 0 saturated carbocycles. The predicted octanol–water partition coefficient (Wildman–Crippen LogP) is 1.38. The van der Waals surface area contributed by atoms with Crippen LogP contribution in [0.25, 0.3) is 0 Å². The third-order valence-corrected chi connectivity index (χ3v) is 4.88. The minimum atomic E-state index is -0.806. The average Bonchev–Trinajstić information content (AvgIpc) is 3.01. The maximum absolute atomic E-state index is 12.9. The van der Waals surface area contributed by atoms with Crippen molar-refractivity contribution in [3.63, 3.8) is 0 Å². The molecule has 1 saturated heterocycles. The number of nitrogens with zero attached hydrogens (tertiary/aromatic N) is 1. The van der Waals surface area contributed by atoms with Gasteiger partial charge in [0, 0.05) is 0 Å². The molecule has 0 bridgehead atoms. The molecule has 1 aromatic rings. The second-order valence-corrected chi connectivity index (χ2v) is 7.56. The molecular weight excluding hydrogens is 376 g/mol. The summed E-state index contributed by atoms with van der Waals surface area (Å²) in [6, 6.07) is 9.04. The largest absolute Gasteiger partial charge is 0.343 e. The van der Waals surface area contributed by atoms with Crippen molar-refractivity contribution in [1.29, 1.82) is 0 Å². The van der Waals surface area contributed by atoms with Crippen LogP contribution in [-0.2, 0) is 20.8 Å². The topological polar surface area (TPSA) is 128 Å². The molecule has 2 atom stereocenters. The molecule has 29 heavy (non-hydrogen) atoms. The van der Waals surface area contributed by atoms with Crippen LogP contribution in [0.3, 0.4) is 0 Å². The van der Waals surface area contributed by atoms with Gasteiger partial charge < -0.3 is 5.32 Å². The minimum Gasteiger partial charge on any atom is -0.327 e. The van der Waals surface area contributed by atoms with Gasteiger partial charge in [0.2, 0.25) is 11.8 Å². The number of rotatable bonds is 10. The van der Waals surface area contributed by atoms with Crippen LogP contribution in [0, 0.1) is 17.8 Å². The molecule has 4 N–H and O–H groups in total. The van der Waals surface area contributed by atoms with E-state index in [9.17, 15) is 24.4 Å². The second-order valence-electron chi connectivity index (χ2n) is 7.56. The lowest BCUT2D eigenvalue weighted by atomic mass is 9.81. The van der Waals surface area contributed by atoms with E-state index in [1.165, 1.54) is 0 Å². The van der Waals surface area contributed by atoms with Gasteiger partial charge in [0.25, 0.3) is 5.91 Å². The van der Waals surface area contributed by atoms with Gasteiger partial charge in [-0.3, -0.25) is 25.0 Å². The smallest absolute Gasteiger partial charge is 0.327 e. The van der Waals surface area contributed by atoms with Gasteiger partial charge in [-0.25, -0.2) is 10.3 Å². The Morgan fingerprint density at radius 1 is 1.14 bits per heavy atom. The van der Waals surface area contributed by atoms with Gasteiger partial charge in [0.05, 0.1) is 11.8 Å². The van der Waals surface area contributed by atoms with Crippen LogP contribution in [0.4, 0.5) is 4.79 Å². The van der Waals surface area contributed by atoms with Gasteiger partial charge in [-0.2, -0.15) is 5.01 Å². The van der Waals surface area contributed by atoms with Crippen LogP contribution in [0.15, 0.2) is 30.3 Å². The molecule has 0 spiro atoms. The highest BCUT2D eigenvalue weighted by molar-refractivity contribution is 6.03. The SMILES string of the molecule is CC(C)CC(C(=O)NN1C(=O)CNC1=O)C(CCCc1ccccc1)C(=O)NO. The number of nitrogens with one attached hydrogen (secondary N) is 3. The number of carbonyl (C=O) groups excluding carboxylic acids is 4. The van der Waals surface area contributed by atoms with Crippen molar-refractivity contribution in [2.75, 3.05) is 6.54 Å². The lowest BCUT2D eigenvalue weighted by Crippen LogP contribution is -2.51. The average molecular weight is 404 g/mol. The van der Waals surface area contributed by atoms with Crippen molar-refractivity contribution in [3.05, 3.63) is 35.9 Å². The predicted molar refractivity (Wildman–Crippen MR) is 104 cm³/mol. The molecule has 9 heteroatoms. The quantitative estimate of drug-likeness (QED) is 0.266. The number of imide groups is 1. The molecular formula is C20H28N4O5. The molecule has 5 amide bonds. The lowest BCUT2D eigenvalue weighted by Gasteiger charge is -2.27. The summed E-state index contributed by atoms with van der Waals surface area (Å²) in [4.78, 5) is 48.7. The zero-order chi connectivity index (χ0) is 21.4. The number of amides is 5. The van der Waals surface area contributed by atoms with E-state index in [1.54, 1.807) is 5.48 Å². The van der Waals surface area contributed by atoms with E-state index < -0.39 is 35.6 Å². The van der Waals surface area contributed by atoms with Crippen LogP contribution >= 0.6 is 0 Å². The van der Waals surface area contributed by atoms with E-state index in [2.05, 4.69) is 10.7 Å². The maximum atomic E-state index is 12.9. The number of hydroxylamine groups is 1. The highest BCUT2D eigenvalue weighted by atomic mass is 16.5. The first-order chi connectivity index (χ1) is 13.8. The Bertz CT molecular complexity index is 722. The Morgan fingerprint density at radius 3 is 2.38 bits per heavy atom. The molecule has 0 aromatic heterocycles. The number of hydrazine groups is 1. The van der Waals surface area contributed by atoms with Crippen molar-refractivity contribution in [1.82, 2.24) is 21.2 Å². The summed E-state index contributed by atoms with van der Waals surface area (Å²) < 4.78 is 0. The fourth-order valence-corrected chi connectivity index (χ4v) is 3.46. The standard InChI is InChI=1S/C20H28N4O5/c1-13(2)11-16(18(26)22-24-17(25)12-21-20(24)28)15(19(27)23-29)10-6-9-14-7-4-3-5-8-14/h3-5,7-8,13,15-16,29H,6,9-12H2,1-2H3,(H,21,28)(H,22,26)(H,23,27). The third-order valence-electron chi connectivity index (χ3n) is 4.88. The summed E-state index contributed by atoms with van der Waals surface area (Å²) in [5.41, 5.74) is 5.09. The normalized spacial score (nSPS) is 15.8. The van der Waals surface area contributed by atoms with Crippen molar-refractivity contribution in [3.8, 4) is 0 Å². The lowest BCUT2D eigenvalue weighted by molar-refractivity contribution is -0.144. The first kappa shape index (κ1) is 22.4. The summed E-state index contributed by atoms with van der Waals surface area (Å²) in [7, 11) is 0. The van der Waals surface area contributed by atoms with Crippen molar-refractivity contribution < 1.29 is 24.4 Å². The van der Waals surface area contributed by atoms with E-state index in [-0.39, 0.29) is 12.5 Å². The van der Waals surface area contributed by atoms with Gasteiger partial charge in [-0.1, -0.05) is 44.2 Å². The molecule has 9 nitrogen and oxygen atoms in total. The number of urea groups is 1. The number of hydrogen-bond donors (Lipinski definition) is 4. The fraction of sp³-hybridized carbons (Fsp3) is 0.500. The molecule has 0 aliphatic carbocycles. The Kier molecular flexibility index (Phi) is 8.14. The summed E-state index contributed by atoms with van der Waals surface area (Å²) in [6.07, 6.45) is 2.08. The zero-order valence-electron chi connectivity index (χ0n) is 16.7. The molecule has 0 radical (unpaired) electrons. The van der Waals surface area contributed by atoms with E-state index in [0.717, 1.165) is 12.0 Å². The van der Waals surface area contributed by atoms with Gasteiger partial charge in [0.15, 0.2) is 0 Å². The summed E-state index contributed by atoms with van der Waals surface area (Å²) in [5.74, 6) is -3.35. The summed E-state index contributed by atoms with van der Waals surface area (Å²) >= 11 is 0. The number of benzene rings is 1. The van der Waals surface area contributed by atoms with Crippen molar-refractivity contribution >= 4 is 23.8 Å². The molecule has 1 aromatic carbocycles. The fourth-order valence-electron chi connectivity index (χ4n) is 3.46. The van der Waals surface area contributed by atoms with Crippen LogP contribution in [0.2, 0.25) is 0 Å². The maximum Gasteiger partial charge on any atom is 0.343 e. The summed E-state index contributed by atoms with van der Waals surface area (Å²) in [5, 5.41) is 12.2. The van der Waals surface area contributed by atoms with Gasteiger partial charge in [-0.05, 0) is 37.2 Å². The van der Waals surface area contributed by atoms with Gasteiger partial charge in [-0.15, -0.1) is 0 Å². The number of carbonyl (C=O) groups is 4. The van der Waals surface area contributed by atoms with Crippen molar-refractivity contribution in [2.45, 2.75) is 39.5 Å². The van der Waals surface area contributed by atoms with Gasteiger partial charge in [0.1, 0.15) is 6.54 Å². The first-order valence-electron chi connectivity index (χ1n) is 9.72. The minimum absolute atomic E-state index is 0.0805. The highest BCUT2D eigenvalue weighted by Crippen LogP contribution is 2.26. The van der Waals surface area contributed by atoms with E-state index in [1.807, 2.05) is 44.2 Å². The second kappa shape index (κ2) is 10.6. The first-order valence-corrected chi connectivity index (χ1v) is 9.72. The molecule has 1 aliphatic rings. The Labute approximate surface area is 169 Å². The Hall–Kier alpha value is -2.94. The van der Waals surface area contributed by atoms with E-state index in [4.69, 9.17) is 0 Å². The van der Waals surface area contributed by atoms with Gasteiger partial charge >= 0.3 is 6.03 Å². The Morgan fingerprint density at radius 2 is 1.83 bits per heavy atom.